The maximum Gasteiger partial charge on any atom is -0.0141 e. The van der Waals surface area contributed by atoms with Crippen molar-refractivity contribution in [2.45, 2.75) is 73.1 Å². The van der Waals surface area contributed by atoms with Gasteiger partial charge in [0, 0.05) is 0 Å². The largest absolute Gasteiger partial charge is 0.103 e. The molecule has 0 aliphatic heterocycles. The van der Waals surface area contributed by atoms with E-state index in [1.807, 2.05) is 6.08 Å². The van der Waals surface area contributed by atoms with Crippen LogP contribution in [0.5, 0.6) is 0 Å². The van der Waals surface area contributed by atoms with Gasteiger partial charge in [0.2, 0.25) is 0 Å². The van der Waals surface area contributed by atoms with Crippen LogP contribution in [0, 0.1) is 11.8 Å². The van der Waals surface area contributed by atoms with E-state index in [0.29, 0.717) is 0 Å². The first-order chi connectivity index (χ1) is 9.04. The molecule has 0 bridgehead atoms. The van der Waals surface area contributed by atoms with Gasteiger partial charge >= 0.3 is 0 Å². The maximum absolute atomic E-state index is 3.79. The van der Waals surface area contributed by atoms with Gasteiger partial charge in [-0.1, -0.05) is 69.4 Å². The van der Waals surface area contributed by atoms with Gasteiger partial charge < -0.3 is 0 Å². The summed E-state index contributed by atoms with van der Waals surface area (Å²) in [5.74, 6) is 1.64. The Hall–Kier alpha value is -0.780. The second-order valence-electron chi connectivity index (χ2n) is 5.99. The smallest absolute Gasteiger partial charge is 0.0141 e. The first-order valence-electron chi connectivity index (χ1n) is 7.99. The highest BCUT2D eigenvalue weighted by atomic mass is 14.2. The normalized spacial score (nSPS) is 16.3. The zero-order chi connectivity index (χ0) is 14.7. The van der Waals surface area contributed by atoms with Crippen molar-refractivity contribution in [1.82, 2.24) is 0 Å². The molecule has 0 heteroatoms. The van der Waals surface area contributed by atoms with E-state index in [9.17, 15) is 0 Å². The summed E-state index contributed by atoms with van der Waals surface area (Å²) in [7, 11) is 0. The van der Waals surface area contributed by atoms with E-state index in [1.165, 1.54) is 37.7 Å². The summed E-state index contributed by atoms with van der Waals surface area (Å²) in [6.07, 6.45) is 14.2. The average molecular weight is 262 g/mol. The van der Waals surface area contributed by atoms with Crippen molar-refractivity contribution >= 4 is 0 Å². The summed E-state index contributed by atoms with van der Waals surface area (Å²) in [4.78, 5) is 0. The van der Waals surface area contributed by atoms with Gasteiger partial charge in [-0.15, -0.1) is 6.58 Å². The lowest BCUT2D eigenvalue weighted by molar-refractivity contribution is 0.417. The molecule has 0 nitrogen and oxygen atoms in total. The molecule has 0 radical (unpaired) electrons. The Labute approximate surface area is 121 Å². The summed E-state index contributed by atoms with van der Waals surface area (Å²) in [6, 6.07) is 0. The Morgan fingerprint density at radius 1 is 1.05 bits per heavy atom. The Balaban J connectivity index is 4.54. The second kappa shape index (κ2) is 11.1. The third-order valence-electron chi connectivity index (χ3n) is 4.08. The monoisotopic (exact) mass is 262 g/mol. The molecule has 0 heterocycles. The van der Waals surface area contributed by atoms with E-state index in [1.54, 1.807) is 5.57 Å². The molecule has 0 spiro atoms. The van der Waals surface area contributed by atoms with Crippen molar-refractivity contribution in [3.05, 3.63) is 36.0 Å². The molecule has 0 aromatic carbocycles. The van der Waals surface area contributed by atoms with Crippen molar-refractivity contribution in [2.24, 2.45) is 11.8 Å². The van der Waals surface area contributed by atoms with Crippen LogP contribution in [-0.4, -0.2) is 0 Å². The van der Waals surface area contributed by atoms with Gasteiger partial charge in [0.1, 0.15) is 0 Å². The summed E-state index contributed by atoms with van der Waals surface area (Å²) < 4.78 is 0. The summed E-state index contributed by atoms with van der Waals surface area (Å²) >= 11 is 0. The lowest BCUT2D eigenvalue weighted by Gasteiger charge is -2.19. The van der Waals surface area contributed by atoms with Crippen LogP contribution in [0.4, 0.5) is 0 Å². The molecule has 0 aromatic heterocycles. The average Bonchev–Trinajstić information content (AvgIpc) is 2.40. The molecule has 0 saturated heterocycles. The molecule has 0 aromatic rings. The van der Waals surface area contributed by atoms with Gasteiger partial charge in [0.05, 0.1) is 0 Å². The van der Waals surface area contributed by atoms with Crippen LogP contribution >= 0.6 is 0 Å². The summed E-state index contributed by atoms with van der Waals surface area (Å²) in [6.45, 7) is 15.2. The fourth-order valence-electron chi connectivity index (χ4n) is 2.34. The quantitative estimate of drug-likeness (QED) is 0.303. The predicted octanol–water partition coefficient (Wildman–Crippen LogP) is 6.70. The van der Waals surface area contributed by atoms with Crippen LogP contribution in [0.1, 0.15) is 73.1 Å². The van der Waals surface area contributed by atoms with Crippen LogP contribution in [0.15, 0.2) is 36.0 Å². The number of hydrogen-bond acceptors (Lipinski definition) is 0. The first-order valence-corrected chi connectivity index (χ1v) is 7.99. The molecule has 0 rings (SSSR count). The van der Waals surface area contributed by atoms with Crippen molar-refractivity contribution in [3.63, 3.8) is 0 Å². The zero-order valence-electron chi connectivity index (χ0n) is 13.8. The van der Waals surface area contributed by atoms with Crippen LogP contribution in [0.2, 0.25) is 0 Å². The topological polar surface area (TPSA) is 0 Å². The Morgan fingerprint density at radius 3 is 2.26 bits per heavy atom. The van der Waals surface area contributed by atoms with Crippen molar-refractivity contribution < 1.29 is 0 Å². The van der Waals surface area contributed by atoms with Gasteiger partial charge in [0.15, 0.2) is 0 Å². The second-order valence-corrected chi connectivity index (χ2v) is 5.99. The highest BCUT2D eigenvalue weighted by molar-refractivity contribution is 5.18. The van der Waals surface area contributed by atoms with Gasteiger partial charge in [0.25, 0.3) is 0 Å². The molecule has 0 saturated carbocycles. The van der Waals surface area contributed by atoms with Crippen molar-refractivity contribution in [2.75, 3.05) is 0 Å². The SMILES string of the molecule is C=CC/C(C)=C\C=C(/C)C(CCC)CCC(C)CC. The van der Waals surface area contributed by atoms with Gasteiger partial charge in [-0.05, 0) is 44.9 Å². The van der Waals surface area contributed by atoms with Crippen molar-refractivity contribution in [1.29, 1.82) is 0 Å². The standard InChI is InChI=1S/C19H34/c1-7-10-17(5)12-14-18(6)19(11-8-2)15-13-16(4)9-3/h7,12,14,16,19H,1,8-11,13,15H2,2-6H3/b17-12-,18-14+. The molecule has 110 valence electrons. The highest BCUT2D eigenvalue weighted by Gasteiger charge is 2.11. The van der Waals surface area contributed by atoms with E-state index >= 15 is 0 Å². The molecule has 0 amide bonds. The van der Waals surface area contributed by atoms with E-state index in [0.717, 1.165) is 18.3 Å². The molecule has 19 heavy (non-hydrogen) atoms. The number of allylic oxidation sites excluding steroid dienone is 5. The number of hydrogen-bond donors (Lipinski definition) is 0. The maximum atomic E-state index is 3.79. The van der Waals surface area contributed by atoms with E-state index < -0.39 is 0 Å². The van der Waals surface area contributed by atoms with Crippen LogP contribution in [0.25, 0.3) is 0 Å². The Kier molecular flexibility index (Phi) is 10.6. The van der Waals surface area contributed by atoms with E-state index in [4.69, 9.17) is 0 Å². The van der Waals surface area contributed by atoms with Gasteiger partial charge in [-0.3, -0.25) is 0 Å². The van der Waals surface area contributed by atoms with E-state index in [2.05, 4.69) is 53.3 Å². The fraction of sp³-hybridized carbons (Fsp3) is 0.684. The number of rotatable bonds is 10. The first kappa shape index (κ1) is 18.2. The predicted molar refractivity (Wildman–Crippen MR) is 89.4 cm³/mol. The van der Waals surface area contributed by atoms with E-state index in [-0.39, 0.29) is 0 Å². The Bertz CT molecular complexity index is 293. The molecule has 0 aliphatic rings. The molecule has 2 atom stereocenters. The molecule has 0 N–H and O–H groups in total. The lowest BCUT2D eigenvalue weighted by atomic mass is 9.87. The van der Waals surface area contributed by atoms with Crippen molar-refractivity contribution in [3.8, 4) is 0 Å². The lowest BCUT2D eigenvalue weighted by Crippen LogP contribution is -2.05. The third-order valence-corrected chi connectivity index (χ3v) is 4.08. The minimum absolute atomic E-state index is 0.770. The van der Waals surface area contributed by atoms with Crippen LogP contribution in [0.3, 0.4) is 0 Å². The molecular weight excluding hydrogens is 228 g/mol. The molecular formula is C19H34. The highest BCUT2D eigenvalue weighted by Crippen LogP contribution is 2.25. The van der Waals surface area contributed by atoms with Gasteiger partial charge in [-0.25, -0.2) is 0 Å². The Morgan fingerprint density at radius 2 is 1.74 bits per heavy atom. The van der Waals surface area contributed by atoms with Crippen LogP contribution < -0.4 is 0 Å². The minimum Gasteiger partial charge on any atom is -0.103 e. The minimum atomic E-state index is 0.770. The van der Waals surface area contributed by atoms with Crippen LogP contribution in [-0.2, 0) is 0 Å². The summed E-state index contributed by atoms with van der Waals surface area (Å²) in [5, 5.41) is 0. The molecule has 0 fully saturated rings. The molecule has 0 aliphatic carbocycles. The fourth-order valence-corrected chi connectivity index (χ4v) is 2.34. The third kappa shape index (κ3) is 8.86. The zero-order valence-corrected chi connectivity index (χ0v) is 13.8. The van der Waals surface area contributed by atoms with Gasteiger partial charge in [-0.2, -0.15) is 0 Å². The molecule has 2 unspecified atom stereocenters. The summed E-state index contributed by atoms with van der Waals surface area (Å²) in [5.41, 5.74) is 2.94.